The average Bonchev–Trinajstić information content (AvgIpc) is 1.60. The third kappa shape index (κ3) is 15.3. The smallest absolute Gasteiger partial charge is 0.433 e. The molecule has 16 nitrogen and oxygen atoms in total. The second-order valence-corrected chi connectivity index (χ2v) is 26.1. The summed E-state index contributed by atoms with van der Waals surface area (Å²) in [5, 5.41) is 26.9. The topological polar surface area (TPSA) is 188 Å². The highest BCUT2D eigenvalue weighted by molar-refractivity contribution is 6.08. The predicted molar refractivity (Wildman–Crippen MR) is 332 cm³/mol. The highest BCUT2D eigenvalue weighted by Crippen LogP contribution is 2.41. The van der Waals surface area contributed by atoms with Gasteiger partial charge >= 0.3 is 30.7 Å². The number of amides is 2. The zero-order valence-electron chi connectivity index (χ0n) is 52.6. The van der Waals surface area contributed by atoms with Gasteiger partial charge in [-0.25, -0.2) is 24.5 Å². The van der Waals surface area contributed by atoms with E-state index in [0.717, 1.165) is 90.1 Å². The van der Waals surface area contributed by atoms with Gasteiger partial charge in [0.05, 0.1) is 87.6 Å². The van der Waals surface area contributed by atoms with Crippen LogP contribution in [0, 0.1) is 20.8 Å². The van der Waals surface area contributed by atoms with Gasteiger partial charge in [-0.1, -0.05) is 34.9 Å². The molecule has 0 spiro atoms. The van der Waals surface area contributed by atoms with Gasteiger partial charge in [0.1, 0.15) is 34.4 Å². The van der Waals surface area contributed by atoms with Crippen molar-refractivity contribution < 1.29 is 73.5 Å². The first-order valence-electron chi connectivity index (χ1n) is 30.7. The molecule has 0 radical (unpaired) electrons. The quantitative estimate of drug-likeness (QED) is 0.0952. The number of pyridine rings is 3. The lowest BCUT2D eigenvalue weighted by atomic mass is 10.1. The molecule has 13 rings (SSSR count). The fourth-order valence-corrected chi connectivity index (χ4v) is 12.2. The number of benzene rings is 3. The van der Waals surface area contributed by atoms with Gasteiger partial charge in [-0.3, -0.25) is 0 Å². The Morgan fingerprint density at radius 2 is 0.935 bits per heavy atom. The van der Waals surface area contributed by atoms with Crippen molar-refractivity contribution in [3.8, 4) is 0 Å². The molecule has 494 valence electrons. The van der Waals surface area contributed by atoms with Crippen LogP contribution in [0.25, 0.3) is 65.8 Å². The number of β-amino-alcohol motifs (C(OH)–C–C–N with tert-alkyl or cyclic N) is 2. The van der Waals surface area contributed by atoms with E-state index < -0.39 is 71.2 Å². The number of aromatic nitrogens is 6. The Hall–Kier alpha value is -7.74. The van der Waals surface area contributed by atoms with Crippen molar-refractivity contribution >= 4 is 78.0 Å². The van der Waals surface area contributed by atoms with E-state index >= 15 is 0 Å². The van der Waals surface area contributed by atoms with E-state index in [0.29, 0.717) is 82.5 Å². The van der Waals surface area contributed by atoms with Gasteiger partial charge in [0.25, 0.3) is 0 Å². The SMILES string of the molecule is CC(C)(C)OC(=O)N1CCCC2OC2C1.Cc1ccc2[nH]c3ccc(C(F)(F)F)nc3c2c1.Cc1ccc2c(c1)c1nc(C(F)(F)F)ccc1n2[C@@H]1CCCN(C(=O)OC(C)(C)C)C[C@H]1O.Cc1ccc2c(c1)c1nc(C(F)(F)F)ccc1n2[C@@H]1CCCNC[C@H]1O. The number of aromatic amines is 1. The number of aliphatic hydroxyl groups is 2. The lowest BCUT2D eigenvalue weighted by Crippen LogP contribution is -2.41. The monoisotopic (exact) mass is 1290 g/mol. The molecular formula is C67H76F9N9O7. The van der Waals surface area contributed by atoms with Crippen LogP contribution in [0.15, 0.2) is 91.0 Å². The average molecular weight is 1290 g/mol. The number of likely N-dealkylation sites (tertiary alicyclic amines) is 2. The van der Waals surface area contributed by atoms with Crippen molar-refractivity contribution in [2.24, 2.45) is 0 Å². The minimum Gasteiger partial charge on any atom is -0.444 e. The highest BCUT2D eigenvalue weighted by atomic mass is 19.4. The second kappa shape index (κ2) is 26.0. The Balaban J connectivity index is 0.000000140. The minimum absolute atomic E-state index is 0.0701. The number of H-pyrrole nitrogens is 1. The number of aliphatic hydroxyl groups excluding tert-OH is 2. The molecule has 10 heterocycles. The number of aryl methyl sites for hydroxylation is 3. The number of rotatable bonds is 2. The molecule has 4 N–H and O–H groups in total. The van der Waals surface area contributed by atoms with Crippen molar-refractivity contribution in [2.75, 3.05) is 39.3 Å². The van der Waals surface area contributed by atoms with Crippen LogP contribution in [0.1, 0.15) is 126 Å². The van der Waals surface area contributed by atoms with Crippen LogP contribution in [0.5, 0.6) is 0 Å². The Bertz CT molecular complexity index is 4160. The normalized spacial score (nSPS) is 20.9. The highest BCUT2D eigenvalue weighted by Gasteiger charge is 2.43. The number of nitrogens with zero attached hydrogens (tertiary/aromatic N) is 7. The summed E-state index contributed by atoms with van der Waals surface area (Å²) in [6.45, 7) is 19.9. The number of alkyl halides is 9. The standard InChI is InChI=1S/C24H28F3N3O3.C19H20F3N3O.C13H9F3N2.C11H19NO3/c1-14-7-8-16-15(12-14)21-18(9-10-20(28-21)24(25,26)27)30(16)17-6-5-11-29(13-19(17)31)22(32)33-23(2,3)4;1-11-4-5-13-12(9-11)18-15(6-7-17(24-18)19(20,21)22)25(13)14-3-2-8-23-10-16(14)26;1-7-2-3-9-8(6-7)12-10(17-9)4-5-11(18-12)13(14,15)16;1-11(2,3)15-10(13)12-6-4-5-8-9(7-12)14-8/h7-10,12,17,19,31H,5-6,11,13H2,1-4H3;4-7,9,14,16,23,26H,2-3,8,10H2,1H3;2-6,17H,1H3;8-9H,4-7H2,1-3H3/t17-,19-;14-,16-;;/m11../s1. The van der Waals surface area contributed by atoms with Crippen LogP contribution in [-0.4, -0.2) is 136 Å². The number of ether oxygens (including phenoxy) is 3. The van der Waals surface area contributed by atoms with Crippen molar-refractivity contribution in [3.63, 3.8) is 0 Å². The van der Waals surface area contributed by atoms with E-state index in [9.17, 15) is 59.3 Å². The maximum atomic E-state index is 13.3. The van der Waals surface area contributed by atoms with Gasteiger partial charge in [0.2, 0.25) is 0 Å². The lowest BCUT2D eigenvalue weighted by Gasteiger charge is -2.29. The molecule has 4 aliphatic rings. The number of carbonyl (C=O) groups is 2. The number of carbonyl (C=O) groups excluding carboxylic acids is 2. The Morgan fingerprint density at radius 3 is 1.45 bits per heavy atom. The van der Waals surface area contributed by atoms with Crippen molar-refractivity contribution in [3.05, 3.63) is 125 Å². The number of nitrogens with one attached hydrogen (secondary N) is 2. The number of halogens is 9. The molecule has 4 fully saturated rings. The first kappa shape index (κ1) is 67.2. The zero-order chi connectivity index (χ0) is 66.6. The van der Waals surface area contributed by atoms with Crippen molar-refractivity contribution in [1.29, 1.82) is 0 Å². The second-order valence-electron chi connectivity index (χ2n) is 26.1. The predicted octanol–water partition coefficient (Wildman–Crippen LogP) is 15.1. The number of hydrogen-bond donors (Lipinski definition) is 4. The van der Waals surface area contributed by atoms with Gasteiger partial charge in [-0.2, -0.15) is 39.5 Å². The van der Waals surface area contributed by atoms with Crippen LogP contribution in [0.3, 0.4) is 0 Å². The summed E-state index contributed by atoms with van der Waals surface area (Å²) in [6.07, 6.45) is -10.1. The summed E-state index contributed by atoms with van der Waals surface area (Å²) in [5.74, 6) is 0. The molecule has 2 amide bonds. The maximum absolute atomic E-state index is 13.3. The maximum Gasteiger partial charge on any atom is 0.433 e. The molecule has 4 saturated heterocycles. The molecule has 9 aromatic rings. The zero-order valence-corrected chi connectivity index (χ0v) is 52.6. The van der Waals surface area contributed by atoms with E-state index in [2.05, 4.69) is 25.3 Å². The van der Waals surface area contributed by atoms with Crippen LogP contribution in [0.4, 0.5) is 49.1 Å². The van der Waals surface area contributed by atoms with Crippen LogP contribution >= 0.6 is 0 Å². The molecular weight excluding hydrogens is 1210 g/mol. The first-order chi connectivity index (χ1) is 43.1. The van der Waals surface area contributed by atoms with E-state index in [1.807, 2.05) is 105 Å². The van der Waals surface area contributed by atoms with Gasteiger partial charge in [0, 0.05) is 41.3 Å². The Morgan fingerprint density at radius 1 is 0.511 bits per heavy atom. The van der Waals surface area contributed by atoms with E-state index in [4.69, 9.17) is 14.2 Å². The Labute approximate surface area is 525 Å². The van der Waals surface area contributed by atoms with Crippen LogP contribution in [0.2, 0.25) is 0 Å². The summed E-state index contributed by atoms with van der Waals surface area (Å²) < 4.78 is 137. The molecule has 2 unspecified atom stereocenters. The molecule has 3 aromatic carbocycles. The number of epoxide rings is 1. The molecule has 0 saturated carbocycles. The molecule has 25 heteroatoms. The van der Waals surface area contributed by atoms with E-state index in [-0.39, 0.29) is 30.3 Å². The molecule has 6 aromatic heterocycles. The first-order valence-corrected chi connectivity index (χ1v) is 30.7. The van der Waals surface area contributed by atoms with Crippen molar-refractivity contribution in [1.82, 2.24) is 44.2 Å². The third-order valence-electron chi connectivity index (χ3n) is 16.5. The summed E-state index contributed by atoms with van der Waals surface area (Å²) in [6, 6.07) is 23.5. The Kier molecular flexibility index (Phi) is 19.0. The van der Waals surface area contributed by atoms with E-state index in [1.165, 1.54) is 23.1 Å². The third-order valence-corrected chi connectivity index (χ3v) is 16.5. The molecule has 92 heavy (non-hydrogen) atoms. The van der Waals surface area contributed by atoms with Gasteiger partial charge in [0.15, 0.2) is 0 Å². The van der Waals surface area contributed by atoms with Crippen LogP contribution < -0.4 is 5.32 Å². The molecule has 6 atom stereocenters. The van der Waals surface area contributed by atoms with Gasteiger partial charge < -0.3 is 53.7 Å². The fraction of sp³-hybridized carbons (Fsp3) is 0.478. The largest absolute Gasteiger partial charge is 0.444 e. The lowest BCUT2D eigenvalue weighted by molar-refractivity contribution is -0.141. The number of fused-ring (bicyclic) bond motifs is 10. The van der Waals surface area contributed by atoms with Gasteiger partial charge in [-0.15, -0.1) is 0 Å². The van der Waals surface area contributed by atoms with Gasteiger partial charge in [-0.05, 0) is 180 Å². The summed E-state index contributed by atoms with van der Waals surface area (Å²) in [4.78, 5) is 42.3. The molecule has 0 aliphatic carbocycles. The molecule has 0 bridgehead atoms. The fourth-order valence-electron chi connectivity index (χ4n) is 12.2. The van der Waals surface area contributed by atoms with Crippen LogP contribution in [-0.2, 0) is 32.7 Å². The minimum atomic E-state index is -4.55. The van der Waals surface area contributed by atoms with Crippen molar-refractivity contribution in [2.45, 2.75) is 167 Å². The number of hydrogen-bond acceptors (Lipinski definition) is 11. The summed E-state index contributed by atoms with van der Waals surface area (Å²) in [5.41, 5.74) is 4.11. The van der Waals surface area contributed by atoms with E-state index in [1.54, 1.807) is 25.7 Å². The summed E-state index contributed by atoms with van der Waals surface area (Å²) in [7, 11) is 0. The summed E-state index contributed by atoms with van der Waals surface area (Å²) >= 11 is 0. The molecule has 4 aliphatic heterocycles.